The van der Waals surface area contributed by atoms with Crippen molar-refractivity contribution < 1.29 is 4.79 Å². The van der Waals surface area contributed by atoms with E-state index < -0.39 is 9.75 Å². The van der Waals surface area contributed by atoms with Gasteiger partial charge in [0.1, 0.15) is 4.33 Å². The van der Waals surface area contributed by atoms with Gasteiger partial charge in [0.25, 0.3) is 0 Å². The summed E-state index contributed by atoms with van der Waals surface area (Å²) >= 11 is 17.9. The molecule has 92 valence electrons. The minimum atomic E-state index is -0.933. The zero-order chi connectivity index (χ0) is 12.7. The number of carbonyl (C=O) groups excluding carboxylic acids is 1. The van der Waals surface area contributed by atoms with Crippen molar-refractivity contribution in [1.29, 1.82) is 0 Å². The van der Waals surface area contributed by atoms with Gasteiger partial charge in [-0.1, -0.05) is 29.8 Å². The van der Waals surface area contributed by atoms with Gasteiger partial charge < -0.3 is 5.32 Å². The molecule has 0 aromatic heterocycles. The van der Waals surface area contributed by atoms with Crippen molar-refractivity contribution in [3.8, 4) is 0 Å². The van der Waals surface area contributed by atoms with E-state index in [2.05, 4.69) is 5.32 Å². The molecule has 1 aromatic carbocycles. The van der Waals surface area contributed by atoms with Crippen molar-refractivity contribution in [2.75, 3.05) is 0 Å². The molecule has 0 spiro atoms. The molecule has 5 heteroatoms. The molecule has 1 unspecified atom stereocenters. The first-order chi connectivity index (χ1) is 7.87. The molecule has 17 heavy (non-hydrogen) atoms. The van der Waals surface area contributed by atoms with Gasteiger partial charge in [0, 0.05) is 11.6 Å². The first kappa shape index (κ1) is 13.0. The van der Waals surface area contributed by atoms with Gasteiger partial charge in [-0.25, -0.2) is 0 Å². The molecule has 0 bridgehead atoms. The van der Waals surface area contributed by atoms with Crippen LogP contribution in [0.1, 0.15) is 18.9 Å². The molecule has 0 radical (unpaired) electrons. The summed E-state index contributed by atoms with van der Waals surface area (Å²) in [7, 11) is 0. The number of amides is 1. The van der Waals surface area contributed by atoms with E-state index in [0.717, 1.165) is 5.56 Å². The maximum atomic E-state index is 11.9. The molecule has 0 aliphatic heterocycles. The zero-order valence-electron chi connectivity index (χ0n) is 9.27. The van der Waals surface area contributed by atoms with Gasteiger partial charge in [-0.05, 0) is 25.0 Å². The van der Waals surface area contributed by atoms with Crippen molar-refractivity contribution >= 4 is 40.7 Å². The Hall–Kier alpha value is -0.440. The largest absolute Gasteiger partial charge is 0.351 e. The molecular weight excluding hydrogens is 280 g/mol. The Labute approximate surface area is 115 Å². The average molecular weight is 293 g/mol. The number of benzene rings is 1. The molecule has 1 N–H and O–H groups in total. The van der Waals surface area contributed by atoms with Crippen molar-refractivity contribution in [1.82, 2.24) is 5.32 Å². The van der Waals surface area contributed by atoms with Crippen LogP contribution in [0.3, 0.4) is 0 Å². The van der Waals surface area contributed by atoms with Crippen LogP contribution in [0.2, 0.25) is 5.02 Å². The van der Waals surface area contributed by atoms with Gasteiger partial charge in [0.05, 0.1) is 5.41 Å². The maximum Gasteiger partial charge on any atom is 0.229 e. The second kappa shape index (κ2) is 4.34. The number of nitrogens with one attached hydrogen (secondary N) is 1. The number of halogens is 3. The molecule has 0 saturated heterocycles. The van der Waals surface area contributed by atoms with Crippen LogP contribution in [0.5, 0.6) is 0 Å². The predicted octanol–water partition coefficient (Wildman–Crippen LogP) is 3.54. The fraction of sp³-hybridized carbons (Fsp3) is 0.417. The van der Waals surface area contributed by atoms with Gasteiger partial charge in [0.15, 0.2) is 0 Å². The van der Waals surface area contributed by atoms with Gasteiger partial charge in [-0.15, -0.1) is 23.2 Å². The Bertz CT molecular complexity index is 461. The van der Waals surface area contributed by atoms with Crippen LogP contribution in [0.25, 0.3) is 0 Å². The normalized spacial score (nSPS) is 25.4. The Morgan fingerprint density at radius 1 is 1.41 bits per heavy atom. The first-order valence-corrected chi connectivity index (χ1v) is 6.40. The molecule has 2 rings (SSSR count). The second-order valence-corrected chi connectivity index (χ2v) is 6.38. The third-order valence-electron chi connectivity index (χ3n) is 3.16. The Morgan fingerprint density at radius 2 is 2.00 bits per heavy atom. The summed E-state index contributed by atoms with van der Waals surface area (Å²) in [5, 5.41) is 3.44. The molecule has 1 saturated carbocycles. The fourth-order valence-corrected chi connectivity index (χ4v) is 2.57. The summed E-state index contributed by atoms with van der Waals surface area (Å²) in [4.78, 5) is 11.9. The third kappa shape index (κ3) is 2.40. The summed E-state index contributed by atoms with van der Waals surface area (Å²) in [6.45, 7) is 2.15. The average Bonchev–Trinajstić information content (AvgIpc) is 2.78. The molecule has 1 atom stereocenters. The fourth-order valence-electron chi connectivity index (χ4n) is 1.66. The van der Waals surface area contributed by atoms with Crippen LogP contribution in [0.4, 0.5) is 0 Å². The van der Waals surface area contributed by atoms with E-state index in [4.69, 9.17) is 34.8 Å². The van der Waals surface area contributed by atoms with E-state index in [0.29, 0.717) is 18.0 Å². The molecule has 0 heterocycles. The van der Waals surface area contributed by atoms with Crippen LogP contribution in [-0.2, 0) is 11.3 Å². The highest BCUT2D eigenvalue weighted by atomic mass is 35.5. The SMILES string of the molecule is CC1(C(=O)NCc2ccccc2Cl)CC1(Cl)Cl. The number of rotatable bonds is 3. The van der Waals surface area contributed by atoms with Gasteiger partial charge in [-0.3, -0.25) is 4.79 Å². The van der Waals surface area contributed by atoms with Gasteiger partial charge >= 0.3 is 0 Å². The minimum Gasteiger partial charge on any atom is -0.351 e. The predicted molar refractivity (Wildman–Crippen MR) is 70.5 cm³/mol. The van der Waals surface area contributed by atoms with E-state index in [1.807, 2.05) is 18.2 Å². The lowest BCUT2D eigenvalue weighted by molar-refractivity contribution is -0.125. The highest BCUT2D eigenvalue weighted by Gasteiger charge is 2.67. The summed E-state index contributed by atoms with van der Waals surface area (Å²) in [5.74, 6) is -0.137. The lowest BCUT2D eigenvalue weighted by Gasteiger charge is -2.13. The number of carbonyl (C=O) groups is 1. The Balaban J connectivity index is 1.97. The quantitative estimate of drug-likeness (QED) is 0.848. The summed E-state index contributed by atoms with van der Waals surface area (Å²) < 4.78 is -0.933. The van der Waals surface area contributed by atoms with Gasteiger partial charge in [0.2, 0.25) is 5.91 Å². The number of hydrogen-bond acceptors (Lipinski definition) is 1. The standard InChI is InChI=1S/C12H12Cl3NO/c1-11(7-12(11,14)15)10(17)16-6-8-4-2-3-5-9(8)13/h2-5H,6-7H2,1H3,(H,16,17). The summed E-state index contributed by atoms with van der Waals surface area (Å²) in [6.07, 6.45) is 0.484. The van der Waals surface area contributed by atoms with Crippen LogP contribution < -0.4 is 5.32 Å². The monoisotopic (exact) mass is 291 g/mol. The minimum absolute atomic E-state index is 0.137. The zero-order valence-corrected chi connectivity index (χ0v) is 11.5. The smallest absolute Gasteiger partial charge is 0.229 e. The summed E-state index contributed by atoms with van der Waals surface area (Å²) in [6, 6.07) is 7.37. The van der Waals surface area contributed by atoms with E-state index in [9.17, 15) is 4.79 Å². The lowest BCUT2D eigenvalue weighted by Crippen LogP contribution is -2.32. The van der Waals surface area contributed by atoms with Crippen LogP contribution in [-0.4, -0.2) is 10.2 Å². The molecule has 1 aliphatic carbocycles. The van der Waals surface area contributed by atoms with Crippen LogP contribution in [0, 0.1) is 5.41 Å². The first-order valence-electron chi connectivity index (χ1n) is 5.26. The lowest BCUT2D eigenvalue weighted by atomic mass is 10.1. The van der Waals surface area contributed by atoms with Crippen molar-refractivity contribution in [2.45, 2.75) is 24.2 Å². The molecule has 1 aliphatic rings. The number of hydrogen-bond donors (Lipinski definition) is 1. The summed E-state index contributed by atoms with van der Waals surface area (Å²) in [5.41, 5.74) is 0.193. The second-order valence-electron chi connectivity index (χ2n) is 4.49. The van der Waals surface area contributed by atoms with Crippen LogP contribution >= 0.6 is 34.8 Å². The van der Waals surface area contributed by atoms with Gasteiger partial charge in [-0.2, -0.15) is 0 Å². The molecule has 1 aromatic rings. The van der Waals surface area contributed by atoms with E-state index >= 15 is 0 Å². The van der Waals surface area contributed by atoms with E-state index in [1.54, 1.807) is 13.0 Å². The molecule has 1 fully saturated rings. The van der Waals surface area contributed by atoms with Crippen LogP contribution in [0.15, 0.2) is 24.3 Å². The number of alkyl halides is 2. The maximum absolute atomic E-state index is 11.9. The molecule has 2 nitrogen and oxygen atoms in total. The van der Waals surface area contributed by atoms with Crippen molar-refractivity contribution in [3.63, 3.8) is 0 Å². The highest BCUT2D eigenvalue weighted by Crippen LogP contribution is 2.63. The molecular formula is C12H12Cl3NO. The van der Waals surface area contributed by atoms with E-state index in [-0.39, 0.29) is 5.91 Å². The Kier molecular flexibility index (Phi) is 3.32. The van der Waals surface area contributed by atoms with Crippen molar-refractivity contribution in [3.05, 3.63) is 34.9 Å². The topological polar surface area (TPSA) is 29.1 Å². The van der Waals surface area contributed by atoms with E-state index in [1.165, 1.54) is 0 Å². The molecule has 1 amide bonds. The van der Waals surface area contributed by atoms with Crippen molar-refractivity contribution in [2.24, 2.45) is 5.41 Å². The highest BCUT2D eigenvalue weighted by molar-refractivity contribution is 6.53. The third-order valence-corrected chi connectivity index (χ3v) is 4.63. The Morgan fingerprint density at radius 3 is 2.53 bits per heavy atom.